The van der Waals surface area contributed by atoms with E-state index in [-0.39, 0.29) is 22.0 Å². The Kier molecular flexibility index (Phi) is 6.18. The summed E-state index contributed by atoms with van der Waals surface area (Å²) in [5, 5.41) is 15.1. The van der Waals surface area contributed by atoms with E-state index >= 15 is 0 Å². The standard InChI is InChI=1S/C24H23F2N9O2S/c1-12-20(13(2)37-32-12)22-31-16-10-27-19(34-7-6-29-33-34)9-17(16)35(22)15-5-3-4-14(8-15)30-23(36)24-28-11-18(38-24)21(25)26/h6-7,9-11,14-15,21H,3-5,8H2,1-2H3,(H,30,36)/t14-,15+/m0/s1. The van der Waals surface area contributed by atoms with Crippen molar-refractivity contribution in [2.24, 2.45) is 0 Å². The van der Waals surface area contributed by atoms with Gasteiger partial charge in [-0.3, -0.25) is 4.79 Å². The number of aromatic nitrogens is 8. The third-order valence-corrected chi connectivity index (χ3v) is 7.76. The first kappa shape index (κ1) is 24.3. The van der Waals surface area contributed by atoms with Gasteiger partial charge in [0.25, 0.3) is 12.3 Å². The van der Waals surface area contributed by atoms with Crippen LogP contribution in [0.2, 0.25) is 0 Å². The summed E-state index contributed by atoms with van der Waals surface area (Å²) in [6.45, 7) is 3.73. The summed E-state index contributed by atoms with van der Waals surface area (Å²) in [4.78, 5) is 25.9. The third kappa shape index (κ3) is 4.34. The molecule has 1 aliphatic carbocycles. The zero-order chi connectivity index (χ0) is 26.4. The van der Waals surface area contributed by atoms with E-state index in [1.165, 1.54) is 0 Å². The van der Waals surface area contributed by atoms with Gasteiger partial charge in [0.2, 0.25) is 0 Å². The van der Waals surface area contributed by atoms with E-state index in [2.05, 4.69) is 35.3 Å². The molecule has 2 atom stereocenters. The number of pyridine rings is 1. The number of nitrogens with zero attached hydrogens (tertiary/aromatic N) is 8. The molecule has 196 valence electrons. The molecule has 0 aromatic carbocycles. The molecule has 0 aliphatic heterocycles. The maximum Gasteiger partial charge on any atom is 0.280 e. The van der Waals surface area contributed by atoms with Crippen LogP contribution in [0.1, 0.15) is 64.3 Å². The van der Waals surface area contributed by atoms with E-state index in [4.69, 9.17) is 9.51 Å². The van der Waals surface area contributed by atoms with Crippen LogP contribution in [0, 0.1) is 13.8 Å². The molecule has 1 amide bonds. The topological polar surface area (TPSA) is 129 Å². The van der Waals surface area contributed by atoms with Crippen LogP contribution >= 0.6 is 11.3 Å². The number of imidazole rings is 1. The molecule has 0 spiro atoms. The third-order valence-electron chi connectivity index (χ3n) is 6.76. The average Bonchev–Trinajstić information content (AvgIpc) is 3.70. The number of carbonyl (C=O) groups excluding carboxylic acids is 1. The number of amides is 1. The van der Waals surface area contributed by atoms with E-state index in [9.17, 15) is 13.6 Å². The molecule has 6 rings (SSSR count). The first-order valence-electron chi connectivity index (χ1n) is 12.1. The molecular formula is C24H23F2N9O2S. The van der Waals surface area contributed by atoms with Gasteiger partial charge >= 0.3 is 0 Å². The lowest BCUT2D eigenvalue weighted by molar-refractivity contribution is 0.0920. The summed E-state index contributed by atoms with van der Waals surface area (Å²) in [6, 6.07) is 1.75. The Morgan fingerprint density at radius 3 is 2.82 bits per heavy atom. The van der Waals surface area contributed by atoms with Crippen molar-refractivity contribution in [2.45, 2.75) is 58.0 Å². The number of thiazole rings is 1. The van der Waals surface area contributed by atoms with Crippen molar-refractivity contribution < 1.29 is 18.1 Å². The summed E-state index contributed by atoms with van der Waals surface area (Å²) in [6.07, 6.45) is 6.53. The lowest BCUT2D eigenvalue weighted by Crippen LogP contribution is -2.39. The number of nitrogens with one attached hydrogen (secondary N) is 1. The highest BCUT2D eigenvalue weighted by Crippen LogP contribution is 2.38. The number of hydrogen-bond donors (Lipinski definition) is 1. The van der Waals surface area contributed by atoms with Crippen LogP contribution in [0.4, 0.5) is 8.78 Å². The fourth-order valence-electron chi connectivity index (χ4n) is 5.06. The van der Waals surface area contributed by atoms with Gasteiger partial charge in [0.05, 0.1) is 40.2 Å². The predicted molar refractivity (Wildman–Crippen MR) is 133 cm³/mol. The SMILES string of the molecule is Cc1noc(C)c1-c1nc2cnc(-n3ccnn3)cc2n1[C@@H]1CCC[C@H](NC(=O)c2ncc(C(F)F)s2)C1. The maximum absolute atomic E-state index is 13.0. The number of halogens is 2. The maximum atomic E-state index is 13.0. The quantitative estimate of drug-likeness (QED) is 0.332. The molecule has 0 bridgehead atoms. The number of rotatable bonds is 6. The molecule has 5 heterocycles. The van der Waals surface area contributed by atoms with Crippen LogP contribution in [-0.2, 0) is 0 Å². The predicted octanol–water partition coefficient (Wildman–Crippen LogP) is 4.59. The number of aryl methyl sites for hydroxylation is 2. The second-order valence-corrected chi connectivity index (χ2v) is 10.3. The molecule has 14 heteroatoms. The lowest BCUT2D eigenvalue weighted by Gasteiger charge is -2.31. The molecular weight excluding hydrogens is 516 g/mol. The lowest BCUT2D eigenvalue weighted by atomic mass is 9.90. The first-order chi connectivity index (χ1) is 18.4. The van der Waals surface area contributed by atoms with Crippen molar-refractivity contribution in [3.63, 3.8) is 0 Å². The van der Waals surface area contributed by atoms with Gasteiger partial charge in [0.1, 0.15) is 17.1 Å². The molecule has 0 saturated heterocycles. The van der Waals surface area contributed by atoms with Crippen LogP contribution in [-0.4, -0.2) is 51.6 Å². The summed E-state index contributed by atoms with van der Waals surface area (Å²) in [5.74, 6) is 1.53. The van der Waals surface area contributed by atoms with Crippen molar-refractivity contribution in [2.75, 3.05) is 0 Å². The van der Waals surface area contributed by atoms with E-state index in [0.717, 1.165) is 42.2 Å². The van der Waals surface area contributed by atoms with Crippen LogP contribution in [0.25, 0.3) is 28.2 Å². The molecule has 11 nitrogen and oxygen atoms in total. The van der Waals surface area contributed by atoms with E-state index in [1.807, 2.05) is 19.9 Å². The van der Waals surface area contributed by atoms with Gasteiger partial charge in [-0.15, -0.1) is 16.4 Å². The second-order valence-electron chi connectivity index (χ2n) is 9.24. The fraction of sp³-hybridized carbons (Fsp3) is 0.375. The highest BCUT2D eigenvalue weighted by Gasteiger charge is 2.31. The normalized spacial score (nSPS) is 17.9. The Balaban J connectivity index is 1.37. The average molecular weight is 540 g/mol. The minimum Gasteiger partial charge on any atom is -0.361 e. The Morgan fingerprint density at radius 1 is 1.24 bits per heavy atom. The number of fused-ring (bicyclic) bond motifs is 1. The highest BCUT2D eigenvalue weighted by atomic mass is 32.1. The van der Waals surface area contributed by atoms with Gasteiger partial charge < -0.3 is 14.4 Å². The zero-order valence-corrected chi connectivity index (χ0v) is 21.3. The molecule has 1 aliphatic rings. The van der Waals surface area contributed by atoms with Crippen LogP contribution < -0.4 is 5.32 Å². The Labute approximate surface area is 218 Å². The van der Waals surface area contributed by atoms with Gasteiger partial charge in [-0.1, -0.05) is 10.4 Å². The van der Waals surface area contributed by atoms with Gasteiger partial charge in [0, 0.05) is 24.3 Å². The number of hydrogen-bond acceptors (Lipinski definition) is 9. The highest BCUT2D eigenvalue weighted by molar-refractivity contribution is 7.13. The zero-order valence-electron chi connectivity index (χ0n) is 20.5. The van der Waals surface area contributed by atoms with Crippen molar-refractivity contribution in [3.05, 3.63) is 52.2 Å². The smallest absolute Gasteiger partial charge is 0.280 e. The van der Waals surface area contributed by atoms with E-state index in [1.54, 1.807) is 23.3 Å². The molecule has 1 N–H and O–H groups in total. The minimum absolute atomic E-state index is 0.0123. The Morgan fingerprint density at radius 2 is 2.11 bits per heavy atom. The van der Waals surface area contributed by atoms with Crippen molar-refractivity contribution >= 4 is 28.3 Å². The van der Waals surface area contributed by atoms with Gasteiger partial charge in [-0.25, -0.2) is 28.4 Å². The monoisotopic (exact) mass is 539 g/mol. The molecule has 0 unspecified atom stereocenters. The van der Waals surface area contributed by atoms with Crippen molar-refractivity contribution in [1.82, 2.24) is 45.0 Å². The van der Waals surface area contributed by atoms with Gasteiger partial charge in [0.15, 0.2) is 10.8 Å². The molecule has 38 heavy (non-hydrogen) atoms. The second kappa shape index (κ2) is 9.67. The number of alkyl halides is 2. The summed E-state index contributed by atoms with van der Waals surface area (Å²) >= 11 is 0.716. The van der Waals surface area contributed by atoms with Crippen LogP contribution in [0.15, 0.2) is 35.4 Å². The summed E-state index contributed by atoms with van der Waals surface area (Å²) in [5.41, 5.74) is 3.11. The molecule has 1 fully saturated rings. The molecule has 0 radical (unpaired) electrons. The molecule has 5 aromatic heterocycles. The van der Waals surface area contributed by atoms with E-state index < -0.39 is 12.3 Å². The Bertz CT molecular complexity index is 1590. The van der Waals surface area contributed by atoms with Crippen molar-refractivity contribution in [3.8, 4) is 17.2 Å². The Hall–Kier alpha value is -4.07. The van der Waals surface area contributed by atoms with Gasteiger partial charge in [-0.2, -0.15) is 0 Å². The first-order valence-corrected chi connectivity index (χ1v) is 12.9. The largest absolute Gasteiger partial charge is 0.361 e. The molecule has 5 aromatic rings. The van der Waals surface area contributed by atoms with Crippen LogP contribution in [0.5, 0.6) is 0 Å². The fourth-order valence-corrected chi connectivity index (χ4v) is 5.74. The number of carbonyl (C=O) groups is 1. The summed E-state index contributed by atoms with van der Waals surface area (Å²) < 4.78 is 35.1. The van der Waals surface area contributed by atoms with Crippen molar-refractivity contribution in [1.29, 1.82) is 0 Å². The van der Waals surface area contributed by atoms with Gasteiger partial charge in [-0.05, 0) is 39.5 Å². The van der Waals surface area contributed by atoms with Crippen LogP contribution in [0.3, 0.4) is 0 Å². The summed E-state index contributed by atoms with van der Waals surface area (Å²) in [7, 11) is 0. The minimum atomic E-state index is -2.65. The van der Waals surface area contributed by atoms with E-state index in [0.29, 0.717) is 40.7 Å². The molecule has 1 saturated carbocycles.